The zero-order valence-corrected chi connectivity index (χ0v) is 12.1. The second kappa shape index (κ2) is 5.95. The van der Waals surface area contributed by atoms with E-state index in [2.05, 4.69) is 4.98 Å². The Labute approximate surface area is 128 Å². The number of rotatable bonds is 3. The minimum Gasteiger partial charge on any atom is -0.481 e. The average molecular weight is 335 g/mol. The van der Waals surface area contributed by atoms with Crippen molar-refractivity contribution in [2.75, 3.05) is 0 Å². The van der Waals surface area contributed by atoms with Crippen molar-refractivity contribution >= 4 is 40.8 Å². The fourth-order valence-corrected chi connectivity index (χ4v) is 2.52. The van der Waals surface area contributed by atoms with Crippen LogP contribution in [0.3, 0.4) is 0 Å². The van der Waals surface area contributed by atoms with E-state index in [1.807, 2.05) is 0 Å². The highest BCUT2D eigenvalue weighted by Gasteiger charge is 2.20. The SMILES string of the molecule is O=C(O)Cc1ccnc(F)c1-c1c(Cl)ccc(Cl)c1Cl. The number of aromatic nitrogens is 1. The topological polar surface area (TPSA) is 50.2 Å². The number of carboxylic acid groups (broad SMARTS) is 1. The van der Waals surface area contributed by atoms with Gasteiger partial charge in [-0.15, -0.1) is 0 Å². The van der Waals surface area contributed by atoms with Crippen LogP contribution in [0.15, 0.2) is 24.4 Å². The summed E-state index contributed by atoms with van der Waals surface area (Å²) < 4.78 is 14.0. The summed E-state index contributed by atoms with van der Waals surface area (Å²) in [5.74, 6) is -1.96. The summed E-state index contributed by atoms with van der Waals surface area (Å²) in [6.07, 6.45) is 0.803. The molecule has 1 aromatic heterocycles. The maximum atomic E-state index is 14.0. The molecule has 0 bridgehead atoms. The molecular weight excluding hydrogens is 328 g/mol. The molecule has 104 valence electrons. The predicted molar refractivity (Wildman–Crippen MR) is 76.0 cm³/mol. The van der Waals surface area contributed by atoms with Gasteiger partial charge in [0.15, 0.2) is 0 Å². The molecule has 0 unspecified atom stereocenters. The fourth-order valence-electron chi connectivity index (χ4n) is 1.80. The second-order valence-electron chi connectivity index (χ2n) is 3.92. The number of nitrogens with zero attached hydrogens (tertiary/aromatic N) is 1. The van der Waals surface area contributed by atoms with Crippen molar-refractivity contribution in [1.29, 1.82) is 0 Å². The van der Waals surface area contributed by atoms with Crippen LogP contribution in [-0.4, -0.2) is 16.1 Å². The fraction of sp³-hybridized carbons (Fsp3) is 0.0769. The maximum Gasteiger partial charge on any atom is 0.307 e. The van der Waals surface area contributed by atoms with Crippen LogP contribution in [0.25, 0.3) is 11.1 Å². The van der Waals surface area contributed by atoms with Crippen LogP contribution in [0.2, 0.25) is 15.1 Å². The van der Waals surface area contributed by atoms with Crippen LogP contribution >= 0.6 is 34.8 Å². The first kappa shape index (κ1) is 15.0. The van der Waals surface area contributed by atoms with E-state index in [1.54, 1.807) is 0 Å². The van der Waals surface area contributed by atoms with E-state index in [4.69, 9.17) is 39.9 Å². The van der Waals surface area contributed by atoms with Crippen LogP contribution in [0, 0.1) is 5.95 Å². The molecule has 0 amide bonds. The van der Waals surface area contributed by atoms with Crippen LogP contribution in [-0.2, 0) is 11.2 Å². The Balaban J connectivity index is 2.75. The van der Waals surface area contributed by atoms with Crippen LogP contribution in [0.1, 0.15) is 5.56 Å². The Morgan fingerprint density at radius 2 is 1.80 bits per heavy atom. The first-order valence-electron chi connectivity index (χ1n) is 5.41. The van der Waals surface area contributed by atoms with Crippen LogP contribution < -0.4 is 0 Å². The molecular formula is C13H7Cl3FNO2. The lowest BCUT2D eigenvalue weighted by Gasteiger charge is -2.13. The predicted octanol–water partition coefficient (Wildman–Crippen LogP) is 4.48. The highest BCUT2D eigenvalue weighted by atomic mass is 35.5. The smallest absolute Gasteiger partial charge is 0.307 e. The Morgan fingerprint density at radius 3 is 2.45 bits per heavy atom. The minimum absolute atomic E-state index is 0.0487. The molecule has 0 aliphatic heterocycles. The van der Waals surface area contributed by atoms with Gasteiger partial charge in [0.2, 0.25) is 5.95 Å². The Bertz CT molecular complexity index is 692. The quantitative estimate of drug-likeness (QED) is 0.665. The number of aliphatic carboxylic acids is 1. The molecule has 0 aliphatic rings. The van der Waals surface area contributed by atoms with Crippen LogP contribution in [0.4, 0.5) is 4.39 Å². The molecule has 0 radical (unpaired) electrons. The van der Waals surface area contributed by atoms with Gasteiger partial charge in [-0.1, -0.05) is 34.8 Å². The summed E-state index contributed by atoms with van der Waals surface area (Å²) in [4.78, 5) is 14.4. The van der Waals surface area contributed by atoms with E-state index in [-0.39, 0.29) is 38.2 Å². The standard InChI is InChI=1S/C13H7Cl3FNO2/c14-7-1-2-8(15)12(16)11(7)10-6(5-9(19)20)3-4-18-13(10)17/h1-4H,5H2,(H,19,20). The summed E-state index contributed by atoms with van der Waals surface area (Å²) in [7, 11) is 0. The molecule has 1 N–H and O–H groups in total. The van der Waals surface area contributed by atoms with E-state index in [1.165, 1.54) is 24.4 Å². The summed E-state index contributed by atoms with van der Waals surface area (Å²) in [6, 6.07) is 4.34. The third-order valence-electron chi connectivity index (χ3n) is 2.63. The number of benzene rings is 1. The Morgan fingerprint density at radius 1 is 1.15 bits per heavy atom. The van der Waals surface area contributed by atoms with Gasteiger partial charge in [-0.05, 0) is 23.8 Å². The van der Waals surface area contributed by atoms with Crippen molar-refractivity contribution in [3.05, 3.63) is 51.0 Å². The van der Waals surface area contributed by atoms with Crippen molar-refractivity contribution < 1.29 is 14.3 Å². The molecule has 0 saturated carbocycles. The molecule has 1 aromatic carbocycles. The van der Waals surface area contributed by atoms with E-state index >= 15 is 0 Å². The van der Waals surface area contributed by atoms with Gasteiger partial charge < -0.3 is 5.11 Å². The lowest BCUT2D eigenvalue weighted by Crippen LogP contribution is -2.05. The second-order valence-corrected chi connectivity index (χ2v) is 5.12. The van der Waals surface area contributed by atoms with Crippen molar-refractivity contribution in [2.45, 2.75) is 6.42 Å². The molecule has 2 rings (SSSR count). The summed E-state index contributed by atoms with van der Waals surface area (Å²) >= 11 is 18.0. The molecule has 0 atom stereocenters. The highest BCUT2D eigenvalue weighted by molar-refractivity contribution is 6.46. The van der Waals surface area contributed by atoms with E-state index in [0.717, 1.165) is 0 Å². The average Bonchev–Trinajstić information content (AvgIpc) is 2.37. The molecule has 2 aromatic rings. The number of carboxylic acids is 1. The van der Waals surface area contributed by atoms with E-state index in [9.17, 15) is 9.18 Å². The third kappa shape index (κ3) is 2.87. The number of hydrogen-bond donors (Lipinski definition) is 1. The van der Waals surface area contributed by atoms with Crippen molar-refractivity contribution in [1.82, 2.24) is 4.98 Å². The minimum atomic E-state index is -1.11. The van der Waals surface area contributed by atoms with Crippen molar-refractivity contribution in [3.63, 3.8) is 0 Å². The Hall–Kier alpha value is -1.36. The Kier molecular flexibility index (Phi) is 4.48. The van der Waals surface area contributed by atoms with Gasteiger partial charge in [-0.2, -0.15) is 4.39 Å². The van der Waals surface area contributed by atoms with Gasteiger partial charge in [0.1, 0.15) is 0 Å². The lowest BCUT2D eigenvalue weighted by atomic mass is 9.99. The molecule has 0 saturated heterocycles. The van der Waals surface area contributed by atoms with E-state index in [0.29, 0.717) is 0 Å². The van der Waals surface area contributed by atoms with Gasteiger partial charge in [0.25, 0.3) is 0 Å². The van der Waals surface area contributed by atoms with Crippen molar-refractivity contribution in [3.8, 4) is 11.1 Å². The van der Waals surface area contributed by atoms with Gasteiger partial charge in [0.05, 0.1) is 21.5 Å². The maximum absolute atomic E-state index is 14.0. The summed E-state index contributed by atoms with van der Waals surface area (Å²) in [5.41, 5.74) is 0.311. The largest absolute Gasteiger partial charge is 0.481 e. The number of halogens is 4. The first-order chi connectivity index (χ1) is 9.41. The molecule has 1 heterocycles. The normalized spacial score (nSPS) is 10.6. The number of pyridine rings is 1. The van der Waals surface area contributed by atoms with Gasteiger partial charge in [0, 0.05) is 17.3 Å². The molecule has 0 aliphatic carbocycles. The zero-order valence-electron chi connectivity index (χ0n) is 9.83. The highest BCUT2D eigenvalue weighted by Crippen LogP contribution is 2.41. The van der Waals surface area contributed by atoms with Crippen LogP contribution in [0.5, 0.6) is 0 Å². The monoisotopic (exact) mass is 333 g/mol. The molecule has 7 heteroatoms. The molecule has 20 heavy (non-hydrogen) atoms. The van der Waals surface area contributed by atoms with E-state index < -0.39 is 11.9 Å². The van der Waals surface area contributed by atoms with Crippen molar-refractivity contribution in [2.24, 2.45) is 0 Å². The molecule has 3 nitrogen and oxygen atoms in total. The van der Waals surface area contributed by atoms with Gasteiger partial charge in [-0.25, -0.2) is 4.98 Å². The summed E-state index contributed by atoms with van der Waals surface area (Å²) in [5, 5.41) is 9.30. The molecule has 0 spiro atoms. The van der Waals surface area contributed by atoms with Gasteiger partial charge >= 0.3 is 5.97 Å². The number of hydrogen-bond acceptors (Lipinski definition) is 2. The first-order valence-corrected chi connectivity index (χ1v) is 6.54. The van der Waals surface area contributed by atoms with Gasteiger partial charge in [-0.3, -0.25) is 4.79 Å². The number of carbonyl (C=O) groups is 1. The summed E-state index contributed by atoms with van der Waals surface area (Å²) in [6.45, 7) is 0. The molecule has 0 fully saturated rings. The zero-order chi connectivity index (χ0) is 14.9. The third-order valence-corrected chi connectivity index (χ3v) is 3.75. The lowest BCUT2D eigenvalue weighted by molar-refractivity contribution is -0.136.